The molecule has 0 saturated carbocycles. The van der Waals surface area contributed by atoms with Crippen LogP contribution in [0.25, 0.3) is 0 Å². The van der Waals surface area contributed by atoms with Crippen LogP contribution in [0.4, 0.5) is 0 Å². The van der Waals surface area contributed by atoms with Crippen molar-refractivity contribution in [3.05, 3.63) is 29.3 Å². The van der Waals surface area contributed by atoms with Crippen LogP contribution in [0.2, 0.25) is 0 Å². The van der Waals surface area contributed by atoms with Gasteiger partial charge in [-0.15, -0.1) is 0 Å². The monoisotopic (exact) mass is 354 g/mol. The van der Waals surface area contributed by atoms with E-state index < -0.39 is 10.0 Å². The minimum Gasteiger partial charge on any atom is -0.491 e. The maximum absolute atomic E-state index is 12.2. The highest BCUT2D eigenvalue weighted by Crippen LogP contribution is 2.20. The molecule has 6 nitrogen and oxygen atoms in total. The first-order chi connectivity index (χ1) is 11.3. The zero-order chi connectivity index (χ0) is 17.7. The normalized spacial score (nSPS) is 16.8. The average molecular weight is 354 g/mol. The summed E-state index contributed by atoms with van der Waals surface area (Å²) < 4.78 is 30.1. The van der Waals surface area contributed by atoms with Crippen LogP contribution in [-0.2, 0) is 14.8 Å². The molecule has 2 rings (SSSR count). The Morgan fingerprint density at radius 1 is 1.29 bits per heavy atom. The van der Waals surface area contributed by atoms with Crippen molar-refractivity contribution in [3.8, 4) is 5.75 Å². The Morgan fingerprint density at radius 3 is 2.58 bits per heavy atom. The van der Waals surface area contributed by atoms with Crippen LogP contribution >= 0.6 is 0 Å². The number of carbonyl (C=O) groups is 1. The maximum atomic E-state index is 12.2. The van der Waals surface area contributed by atoms with Crippen molar-refractivity contribution in [1.29, 1.82) is 0 Å². The fourth-order valence-electron chi connectivity index (χ4n) is 2.79. The van der Waals surface area contributed by atoms with Crippen LogP contribution in [0, 0.1) is 19.8 Å². The van der Waals surface area contributed by atoms with Crippen molar-refractivity contribution in [1.82, 2.24) is 9.62 Å². The van der Waals surface area contributed by atoms with Gasteiger partial charge in [0.05, 0.1) is 12.8 Å². The standard InChI is InChI=1S/C17H26N2O4S/c1-13-4-5-14(2)16(12-13)23-11-8-18-17(20)15-6-9-19(10-7-15)24(3,21)22/h4-5,12,15H,6-11H2,1-3H3,(H,18,20). The van der Waals surface area contributed by atoms with E-state index in [9.17, 15) is 13.2 Å². The molecule has 0 bridgehead atoms. The molecule has 1 amide bonds. The number of nitrogens with one attached hydrogen (secondary N) is 1. The number of benzene rings is 1. The van der Waals surface area contributed by atoms with Gasteiger partial charge in [0.15, 0.2) is 0 Å². The maximum Gasteiger partial charge on any atom is 0.223 e. The van der Waals surface area contributed by atoms with E-state index in [2.05, 4.69) is 5.32 Å². The second-order valence-electron chi connectivity index (χ2n) is 6.34. The van der Waals surface area contributed by atoms with Crippen LogP contribution in [0.1, 0.15) is 24.0 Å². The number of ether oxygens (including phenoxy) is 1. The number of rotatable bonds is 6. The summed E-state index contributed by atoms with van der Waals surface area (Å²) in [5.74, 6) is 0.696. The topological polar surface area (TPSA) is 75.7 Å². The van der Waals surface area contributed by atoms with E-state index in [1.54, 1.807) is 0 Å². The third-order valence-corrected chi connectivity index (χ3v) is 5.60. The van der Waals surface area contributed by atoms with Gasteiger partial charge in [-0.3, -0.25) is 4.79 Å². The molecule has 1 aliphatic rings. The molecule has 1 aromatic rings. The molecule has 134 valence electrons. The molecule has 0 aromatic heterocycles. The SMILES string of the molecule is Cc1ccc(C)c(OCCNC(=O)C2CCN(S(C)(=O)=O)CC2)c1. The predicted octanol–water partition coefficient (Wildman–Crippen LogP) is 1.47. The van der Waals surface area contributed by atoms with Gasteiger partial charge in [0, 0.05) is 19.0 Å². The highest BCUT2D eigenvalue weighted by molar-refractivity contribution is 7.88. The average Bonchev–Trinajstić information content (AvgIpc) is 2.53. The van der Waals surface area contributed by atoms with Gasteiger partial charge in [-0.05, 0) is 43.9 Å². The first-order valence-corrected chi connectivity index (χ1v) is 10.0. The van der Waals surface area contributed by atoms with E-state index in [-0.39, 0.29) is 11.8 Å². The van der Waals surface area contributed by atoms with Crippen molar-refractivity contribution >= 4 is 15.9 Å². The zero-order valence-electron chi connectivity index (χ0n) is 14.5. The molecule has 1 N–H and O–H groups in total. The molecule has 0 atom stereocenters. The summed E-state index contributed by atoms with van der Waals surface area (Å²) in [6, 6.07) is 6.03. The number of nitrogens with zero attached hydrogens (tertiary/aromatic N) is 1. The minimum absolute atomic E-state index is 0.0206. The number of hydrogen-bond acceptors (Lipinski definition) is 4. The zero-order valence-corrected chi connectivity index (χ0v) is 15.4. The Bertz CT molecular complexity index is 680. The number of carbonyl (C=O) groups excluding carboxylic acids is 1. The van der Waals surface area contributed by atoms with E-state index in [1.807, 2.05) is 32.0 Å². The summed E-state index contributed by atoms with van der Waals surface area (Å²) in [5.41, 5.74) is 2.21. The summed E-state index contributed by atoms with van der Waals surface area (Å²) in [5, 5.41) is 2.88. The number of hydrogen-bond donors (Lipinski definition) is 1. The quantitative estimate of drug-likeness (QED) is 0.785. The predicted molar refractivity (Wildman–Crippen MR) is 93.6 cm³/mol. The molecule has 0 spiro atoms. The molecular formula is C17H26N2O4S. The van der Waals surface area contributed by atoms with Crippen LogP contribution in [0.15, 0.2) is 18.2 Å². The molecule has 0 radical (unpaired) electrons. The van der Waals surface area contributed by atoms with Gasteiger partial charge in [0.1, 0.15) is 12.4 Å². The molecule has 1 fully saturated rings. The first-order valence-electron chi connectivity index (χ1n) is 8.20. The van der Waals surface area contributed by atoms with Crippen molar-refractivity contribution in [2.24, 2.45) is 5.92 Å². The van der Waals surface area contributed by atoms with Crippen molar-refractivity contribution in [3.63, 3.8) is 0 Å². The number of aryl methyl sites for hydroxylation is 2. The van der Waals surface area contributed by atoms with Gasteiger partial charge in [0.2, 0.25) is 15.9 Å². The Morgan fingerprint density at radius 2 is 1.96 bits per heavy atom. The molecule has 1 aromatic carbocycles. The first kappa shape index (κ1) is 18.7. The summed E-state index contributed by atoms with van der Waals surface area (Å²) >= 11 is 0. The highest BCUT2D eigenvalue weighted by Gasteiger charge is 2.28. The minimum atomic E-state index is -3.15. The largest absolute Gasteiger partial charge is 0.491 e. The number of sulfonamides is 1. The van der Waals surface area contributed by atoms with E-state index in [0.717, 1.165) is 16.9 Å². The molecule has 7 heteroatoms. The second-order valence-corrected chi connectivity index (χ2v) is 8.33. The van der Waals surface area contributed by atoms with Crippen LogP contribution < -0.4 is 10.1 Å². The Hall–Kier alpha value is -1.60. The van der Waals surface area contributed by atoms with E-state index in [0.29, 0.717) is 39.1 Å². The molecule has 1 aliphatic heterocycles. The smallest absolute Gasteiger partial charge is 0.223 e. The lowest BCUT2D eigenvalue weighted by Gasteiger charge is -2.29. The highest BCUT2D eigenvalue weighted by atomic mass is 32.2. The lowest BCUT2D eigenvalue weighted by molar-refractivity contribution is -0.126. The second kappa shape index (κ2) is 7.98. The van der Waals surface area contributed by atoms with Gasteiger partial charge >= 0.3 is 0 Å². The summed E-state index contributed by atoms with van der Waals surface area (Å²) in [6.45, 7) is 5.68. The fourth-order valence-corrected chi connectivity index (χ4v) is 3.67. The molecular weight excluding hydrogens is 328 g/mol. The van der Waals surface area contributed by atoms with Crippen molar-refractivity contribution in [2.45, 2.75) is 26.7 Å². The van der Waals surface area contributed by atoms with Gasteiger partial charge in [-0.2, -0.15) is 0 Å². The van der Waals surface area contributed by atoms with E-state index in [4.69, 9.17) is 4.74 Å². The fraction of sp³-hybridized carbons (Fsp3) is 0.588. The number of piperidine rings is 1. The molecule has 24 heavy (non-hydrogen) atoms. The number of amides is 1. The summed E-state index contributed by atoms with van der Waals surface area (Å²) in [6.07, 6.45) is 2.34. The molecule has 1 saturated heterocycles. The molecule has 1 heterocycles. The summed E-state index contributed by atoms with van der Waals surface area (Å²) in [7, 11) is -3.15. The Labute approximate surface area is 144 Å². The third kappa shape index (κ3) is 5.21. The summed E-state index contributed by atoms with van der Waals surface area (Å²) in [4.78, 5) is 12.2. The van der Waals surface area contributed by atoms with Crippen LogP contribution in [-0.4, -0.2) is 51.1 Å². The lowest BCUT2D eigenvalue weighted by Crippen LogP contribution is -2.43. The van der Waals surface area contributed by atoms with Crippen LogP contribution in [0.5, 0.6) is 5.75 Å². The Kier molecular flexibility index (Phi) is 6.23. The van der Waals surface area contributed by atoms with Crippen molar-refractivity contribution < 1.29 is 17.9 Å². The molecule has 0 aliphatic carbocycles. The third-order valence-electron chi connectivity index (χ3n) is 4.30. The van der Waals surface area contributed by atoms with E-state index in [1.165, 1.54) is 10.6 Å². The van der Waals surface area contributed by atoms with Gasteiger partial charge in [-0.25, -0.2) is 12.7 Å². The lowest BCUT2D eigenvalue weighted by atomic mass is 9.97. The van der Waals surface area contributed by atoms with Crippen molar-refractivity contribution in [2.75, 3.05) is 32.5 Å². The Balaban J connectivity index is 1.71. The molecule has 0 unspecified atom stereocenters. The van der Waals surface area contributed by atoms with Gasteiger partial charge in [-0.1, -0.05) is 12.1 Å². The van der Waals surface area contributed by atoms with E-state index >= 15 is 0 Å². The van der Waals surface area contributed by atoms with Gasteiger partial charge < -0.3 is 10.1 Å². The van der Waals surface area contributed by atoms with Crippen LogP contribution in [0.3, 0.4) is 0 Å². The van der Waals surface area contributed by atoms with Gasteiger partial charge in [0.25, 0.3) is 0 Å².